The van der Waals surface area contributed by atoms with E-state index in [2.05, 4.69) is 5.32 Å². The van der Waals surface area contributed by atoms with E-state index in [0.717, 1.165) is 25.6 Å². The van der Waals surface area contributed by atoms with Gasteiger partial charge >= 0.3 is 5.69 Å². The molecule has 1 N–H and O–H groups in total. The van der Waals surface area contributed by atoms with Gasteiger partial charge in [-0.1, -0.05) is 6.07 Å². The van der Waals surface area contributed by atoms with Crippen molar-refractivity contribution >= 4 is 5.69 Å². The molecule has 17 heavy (non-hydrogen) atoms. The molecule has 1 aliphatic heterocycles. The average Bonchev–Trinajstić information content (AvgIpc) is 2.80. The lowest BCUT2D eigenvalue weighted by atomic mass is 10.1. The Morgan fingerprint density at radius 3 is 3.06 bits per heavy atom. The van der Waals surface area contributed by atoms with Crippen molar-refractivity contribution in [1.29, 1.82) is 0 Å². The predicted molar refractivity (Wildman–Crippen MR) is 59.5 cm³/mol. The van der Waals surface area contributed by atoms with Gasteiger partial charge in [0.1, 0.15) is 0 Å². The smallest absolute Gasteiger partial charge is 0.314 e. The topological polar surface area (TPSA) is 64.4 Å². The zero-order valence-corrected chi connectivity index (χ0v) is 9.19. The summed E-state index contributed by atoms with van der Waals surface area (Å²) in [5, 5.41) is 13.9. The zero-order valence-electron chi connectivity index (χ0n) is 9.19. The van der Waals surface area contributed by atoms with Crippen molar-refractivity contribution in [2.75, 3.05) is 19.7 Å². The van der Waals surface area contributed by atoms with Crippen molar-refractivity contribution in [3.05, 3.63) is 34.1 Å². The molecular formula is C11H13FN2O3. The van der Waals surface area contributed by atoms with Crippen molar-refractivity contribution in [3.63, 3.8) is 0 Å². The predicted octanol–water partition coefficient (Wildman–Crippen LogP) is 1.72. The summed E-state index contributed by atoms with van der Waals surface area (Å²) < 4.78 is 18.7. The molecule has 0 radical (unpaired) electrons. The summed E-state index contributed by atoms with van der Waals surface area (Å²) in [6.07, 6.45) is 0.947. The van der Waals surface area contributed by atoms with Gasteiger partial charge in [0, 0.05) is 18.5 Å². The average molecular weight is 240 g/mol. The summed E-state index contributed by atoms with van der Waals surface area (Å²) in [4.78, 5) is 10.1. The number of nitro groups is 1. The van der Waals surface area contributed by atoms with Gasteiger partial charge in [0.2, 0.25) is 5.75 Å². The van der Waals surface area contributed by atoms with E-state index in [0.29, 0.717) is 6.61 Å². The number of hydrogen-bond donors (Lipinski definition) is 1. The number of ether oxygens (including phenoxy) is 1. The van der Waals surface area contributed by atoms with Crippen LogP contribution in [0.3, 0.4) is 0 Å². The molecule has 0 aliphatic carbocycles. The molecule has 5 nitrogen and oxygen atoms in total. The van der Waals surface area contributed by atoms with Gasteiger partial charge in [0.15, 0.2) is 5.82 Å². The van der Waals surface area contributed by atoms with Crippen molar-refractivity contribution in [2.45, 2.75) is 6.42 Å². The van der Waals surface area contributed by atoms with Gasteiger partial charge in [-0.25, -0.2) is 4.39 Å². The number of halogens is 1. The first-order valence-electron chi connectivity index (χ1n) is 5.45. The van der Waals surface area contributed by atoms with Crippen LogP contribution in [0.25, 0.3) is 0 Å². The van der Waals surface area contributed by atoms with E-state index < -0.39 is 10.7 Å². The lowest BCUT2D eigenvalue weighted by Gasteiger charge is -2.11. The maximum absolute atomic E-state index is 13.4. The van der Waals surface area contributed by atoms with Crippen LogP contribution in [0.4, 0.5) is 10.1 Å². The highest BCUT2D eigenvalue weighted by molar-refractivity contribution is 5.46. The Morgan fingerprint density at radius 1 is 1.59 bits per heavy atom. The highest BCUT2D eigenvalue weighted by Crippen LogP contribution is 2.30. The fourth-order valence-electron chi connectivity index (χ4n) is 1.84. The summed E-state index contributed by atoms with van der Waals surface area (Å²) in [6.45, 7) is 2.02. The molecule has 1 fully saturated rings. The Kier molecular flexibility index (Phi) is 3.53. The second-order valence-electron chi connectivity index (χ2n) is 4.02. The molecular weight excluding hydrogens is 227 g/mol. The highest BCUT2D eigenvalue weighted by Gasteiger charge is 2.22. The minimum absolute atomic E-state index is 0.260. The maximum Gasteiger partial charge on any atom is 0.314 e. The number of benzene rings is 1. The van der Waals surface area contributed by atoms with Crippen molar-refractivity contribution in [1.82, 2.24) is 5.32 Å². The first-order chi connectivity index (χ1) is 8.18. The Balaban J connectivity index is 2.10. The first kappa shape index (κ1) is 11.8. The van der Waals surface area contributed by atoms with Crippen LogP contribution in [0.5, 0.6) is 5.75 Å². The molecule has 1 saturated heterocycles. The van der Waals surface area contributed by atoms with E-state index in [1.807, 2.05) is 0 Å². The molecule has 0 bridgehead atoms. The molecule has 1 aliphatic rings. The normalized spacial score (nSPS) is 19.2. The lowest BCUT2D eigenvalue weighted by molar-refractivity contribution is -0.386. The summed E-state index contributed by atoms with van der Waals surface area (Å²) >= 11 is 0. The fourth-order valence-corrected chi connectivity index (χ4v) is 1.84. The monoisotopic (exact) mass is 240 g/mol. The second kappa shape index (κ2) is 5.09. The molecule has 1 atom stereocenters. The molecule has 0 spiro atoms. The minimum atomic E-state index is -0.690. The second-order valence-corrected chi connectivity index (χ2v) is 4.02. The summed E-state index contributed by atoms with van der Waals surface area (Å²) in [5.41, 5.74) is -0.323. The van der Waals surface area contributed by atoms with Crippen LogP contribution in [0, 0.1) is 21.8 Å². The summed E-state index contributed by atoms with van der Waals surface area (Å²) in [6, 6.07) is 3.71. The summed E-state index contributed by atoms with van der Waals surface area (Å²) in [5.74, 6) is -0.663. The van der Waals surface area contributed by atoms with Crippen LogP contribution in [0.15, 0.2) is 18.2 Å². The third kappa shape index (κ3) is 2.71. The molecule has 1 aromatic carbocycles. The van der Waals surface area contributed by atoms with Gasteiger partial charge in [-0.2, -0.15) is 0 Å². The maximum atomic E-state index is 13.4. The fraction of sp³-hybridized carbons (Fsp3) is 0.455. The van der Waals surface area contributed by atoms with Gasteiger partial charge in [-0.3, -0.25) is 10.1 Å². The highest BCUT2D eigenvalue weighted by atomic mass is 19.1. The van der Waals surface area contributed by atoms with Crippen LogP contribution in [0.2, 0.25) is 0 Å². The number of hydrogen-bond acceptors (Lipinski definition) is 4. The molecule has 6 heteroatoms. The van der Waals surface area contributed by atoms with Gasteiger partial charge in [0.05, 0.1) is 11.5 Å². The summed E-state index contributed by atoms with van der Waals surface area (Å²) in [7, 11) is 0. The number of nitrogens with zero attached hydrogens (tertiary/aromatic N) is 1. The van der Waals surface area contributed by atoms with Gasteiger partial charge in [-0.15, -0.1) is 0 Å². The molecule has 1 aromatic rings. The number of rotatable bonds is 4. The molecule has 1 heterocycles. The van der Waals surface area contributed by atoms with E-state index in [1.165, 1.54) is 12.1 Å². The zero-order chi connectivity index (χ0) is 12.3. The third-order valence-corrected chi connectivity index (χ3v) is 2.77. The van der Waals surface area contributed by atoms with Crippen LogP contribution in [0.1, 0.15) is 6.42 Å². The first-order valence-corrected chi connectivity index (χ1v) is 5.45. The molecule has 1 unspecified atom stereocenters. The van der Waals surface area contributed by atoms with Gasteiger partial charge < -0.3 is 10.1 Å². The lowest BCUT2D eigenvalue weighted by Crippen LogP contribution is -2.16. The van der Waals surface area contributed by atoms with Gasteiger partial charge in [0.25, 0.3) is 0 Å². The van der Waals surface area contributed by atoms with E-state index >= 15 is 0 Å². The Bertz CT molecular complexity index is 419. The molecule has 0 saturated carbocycles. The Labute approximate surface area is 97.7 Å². The minimum Gasteiger partial charge on any atom is -0.484 e. The molecule has 2 rings (SSSR count). The van der Waals surface area contributed by atoms with E-state index in [-0.39, 0.29) is 17.4 Å². The van der Waals surface area contributed by atoms with Crippen LogP contribution in [-0.4, -0.2) is 24.6 Å². The van der Waals surface area contributed by atoms with E-state index in [1.54, 1.807) is 0 Å². The number of nitro benzene ring substituents is 1. The van der Waals surface area contributed by atoms with Gasteiger partial charge in [-0.05, 0) is 19.0 Å². The quantitative estimate of drug-likeness (QED) is 0.643. The Hall–Kier alpha value is -1.69. The van der Waals surface area contributed by atoms with Crippen molar-refractivity contribution < 1.29 is 14.1 Å². The molecule has 0 amide bonds. The largest absolute Gasteiger partial charge is 0.484 e. The van der Waals surface area contributed by atoms with E-state index in [4.69, 9.17) is 4.74 Å². The van der Waals surface area contributed by atoms with Crippen molar-refractivity contribution in [3.8, 4) is 5.75 Å². The SMILES string of the molecule is O=[N+]([O-])c1cccc(F)c1OCC1CCNC1. The standard InChI is InChI=1S/C11H13FN2O3/c12-9-2-1-3-10(14(15)16)11(9)17-7-8-4-5-13-6-8/h1-3,8,13H,4-7H2. The van der Waals surface area contributed by atoms with Crippen LogP contribution >= 0.6 is 0 Å². The van der Waals surface area contributed by atoms with Crippen LogP contribution in [-0.2, 0) is 0 Å². The van der Waals surface area contributed by atoms with Crippen LogP contribution < -0.4 is 10.1 Å². The molecule has 0 aromatic heterocycles. The third-order valence-electron chi connectivity index (χ3n) is 2.77. The van der Waals surface area contributed by atoms with E-state index in [9.17, 15) is 14.5 Å². The molecule has 92 valence electrons. The van der Waals surface area contributed by atoms with Crippen molar-refractivity contribution in [2.24, 2.45) is 5.92 Å². The Morgan fingerprint density at radius 2 is 2.41 bits per heavy atom. The number of nitrogens with one attached hydrogen (secondary N) is 1. The number of para-hydroxylation sites is 1.